The van der Waals surface area contributed by atoms with Gasteiger partial charge in [-0.05, 0) is 48.6 Å². The number of sulfonamides is 1. The number of hydrogen-bond donors (Lipinski definition) is 1. The largest absolute Gasteiger partial charge is 0.460 e. The molecule has 1 aliphatic rings. The number of furan rings is 1. The number of carbonyl (C=O) groups is 2. The summed E-state index contributed by atoms with van der Waals surface area (Å²) in [6, 6.07) is 9.36. The lowest BCUT2D eigenvalue weighted by atomic mass is 10.1. The van der Waals surface area contributed by atoms with E-state index in [0.717, 1.165) is 15.5 Å². The number of carbonyl (C=O) groups excluding carboxylic acids is 2. The highest BCUT2D eigenvalue weighted by molar-refractivity contribution is 7.88. The molecule has 1 saturated heterocycles. The maximum absolute atomic E-state index is 13.1. The number of nitriles is 1. The van der Waals surface area contributed by atoms with Crippen molar-refractivity contribution in [2.45, 2.75) is 13.0 Å². The summed E-state index contributed by atoms with van der Waals surface area (Å²) < 4.78 is 30.6. The number of anilines is 1. The molecule has 0 unspecified atom stereocenters. The number of nitrogens with one attached hydrogen (secondary N) is 1. The molecule has 0 saturated carbocycles. The Balaban J connectivity index is 1.88. The SMILES string of the molecule is CS(=O)(=O)N(CCC#N)Cc1ccc(/C=C2\C(=O)NC(=S)N(c3ccc(Cl)c(Cl)c3)C2=O)o1. The Hall–Kier alpha value is -2.75. The zero-order chi connectivity index (χ0) is 24.3. The van der Waals surface area contributed by atoms with E-state index in [1.165, 1.54) is 36.4 Å². The van der Waals surface area contributed by atoms with Gasteiger partial charge >= 0.3 is 0 Å². The third-order valence-electron chi connectivity index (χ3n) is 4.51. The molecule has 0 radical (unpaired) electrons. The molecule has 1 aliphatic heterocycles. The minimum Gasteiger partial charge on any atom is -0.460 e. The fourth-order valence-corrected chi connectivity index (χ4v) is 4.28. The first-order valence-electron chi connectivity index (χ1n) is 9.28. The number of rotatable bonds is 7. The molecule has 2 aromatic rings. The van der Waals surface area contributed by atoms with Crippen LogP contribution in [0.1, 0.15) is 17.9 Å². The molecule has 33 heavy (non-hydrogen) atoms. The van der Waals surface area contributed by atoms with E-state index in [4.69, 9.17) is 45.1 Å². The van der Waals surface area contributed by atoms with E-state index < -0.39 is 21.8 Å². The van der Waals surface area contributed by atoms with E-state index >= 15 is 0 Å². The number of thiocarbonyl (C=S) groups is 1. The maximum atomic E-state index is 13.1. The standard InChI is InChI=1S/C20H16Cl2N4O5S2/c1-33(29,30)25(8-2-7-23)11-14-5-4-13(31-14)10-15-18(27)24-20(32)26(19(15)28)12-3-6-16(21)17(22)9-12/h3-6,9-10H,2,8,11H2,1H3,(H,24,27,32)/b15-10+. The number of halogens is 2. The first-order valence-corrected chi connectivity index (χ1v) is 12.3. The van der Waals surface area contributed by atoms with Crippen LogP contribution in [-0.2, 0) is 26.2 Å². The highest BCUT2D eigenvalue weighted by Gasteiger charge is 2.35. The van der Waals surface area contributed by atoms with Crippen LogP contribution in [0, 0.1) is 11.3 Å². The second-order valence-electron chi connectivity index (χ2n) is 6.87. The second-order valence-corrected chi connectivity index (χ2v) is 10.0. The highest BCUT2D eigenvalue weighted by atomic mass is 35.5. The van der Waals surface area contributed by atoms with Gasteiger partial charge in [0.2, 0.25) is 10.0 Å². The molecule has 0 atom stereocenters. The zero-order valence-corrected chi connectivity index (χ0v) is 20.2. The van der Waals surface area contributed by atoms with Crippen molar-refractivity contribution < 1.29 is 22.4 Å². The van der Waals surface area contributed by atoms with Crippen molar-refractivity contribution in [2.75, 3.05) is 17.7 Å². The molecule has 1 N–H and O–H groups in total. The van der Waals surface area contributed by atoms with Crippen LogP contribution in [0.25, 0.3) is 6.08 Å². The van der Waals surface area contributed by atoms with Gasteiger partial charge in [-0.2, -0.15) is 9.57 Å². The Kier molecular flexibility index (Phi) is 7.56. The van der Waals surface area contributed by atoms with Crippen LogP contribution in [-0.4, -0.2) is 42.5 Å². The molecule has 1 aromatic heterocycles. The van der Waals surface area contributed by atoms with Gasteiger partial charge in [-0.1, -0.05) is 23.2 Å². The van der Waals surface area contributed by atoms with Crippen LogP contribution < -0.4 is 10.2 Å². The van der Waals surface area contributed by atoms with Gasteiger partial charge in [-0.3, -0.25) is 19.8 Å². The lowest BCUT2D eigenvalue weighted by Crippen LogP contribution is -2.54. The average molecular weight is 527 g/mol. The molecule has 1 fully saturated rings. The predicted molar refractivity (Wildman–Crippen MR) is 127 cm³/mol. The quantitative estimate of drug-likeness (QED) is 0.334. The maximum Gasteiger partial charge on any atom is 0.270 e. The minimum absolute atomic E-state index is 0.00338. The third-order valence-corrected chi connectivity index (χ3v) is 6.78. The van der Waals surface area contributed by atoms with Crippen molar-refractivity contribution in [1.82, 2.24) is 9.62 Å². The van der Waals surface area contributed by atoms with E-state index in [9.17, 15) is 18.0 Å². The first kappa shape index (κ1) is 24.9. The predicted octanol–water partition coefficient (Wildman–Crippen LogP) is 3.09. The molecule has 2 amide bonds. The first-order chi connectivity index (χ1) is 15.5. The molecular formula is C20H16Cl2N4O5S2. The summed E-state index contributed by atoms with van der Waals surface area (Å²) in [6.45, 7) is -0.104. The van der Waals surface area contributed by atoms with Gasteiger partial charge in [-0.15, -0.1) is 0 Å². The average Bonchev–Trinajstić information content (AvgIpc) is 3.17. The van der Waals surface area contributed by atoms with Crippen LogP contribution in [0.2, 0.25) is 10.0 Å². The molecule has 13 heteroatoms. The Morgan fingerprint density at radius 2 is 1.97 bits per heavy atom. The topological polar surface area (TPSA) is 124 Å². The summed E-state index contributed by atoms with van der Waals surface area (Å²) in [5.74, 6) is -0.997. The zero-order valence-electron chi connectivity index (χ0n) is 17.0. The van der Waals surface area contributed by atoms with Crippen molar-refractivity contribution in [1.29, 1.82) is 5.26 Å². The van der Waals surface area contributed by atoms with Gasteiger partial charge in [0.25, 0.3) is 11.8 Å². The number of hydrogen-bond acceptors (Lipinski definition) is 7. The van der Waals surface area contributed by atoms with E-state index in [0.29, 0.717) is 5.69 Å². The summed E-state index contributed by atoms with van der Waals surface area (Å²) in [4.78, 5) is 26.6. The van der Waals surface area contributed by atoms with Gasteiger partial charge in [0.05, 0.1) is 34.6 Å². The molecule has 1 aromatic carbocycles. The summed E-state index contributed by atoms with van der Waals surface area (Å²) in [5.41, 5.74) is 0.0618. The molecule has 9 nitrogen and oxygen atoms in total. The van der Waals surface area contributed by atoms with Gasteiger partial charge in [0.15, 0.2) is 5.11 Å². The van der Waals surface area contributed by atoms with Crippen molar-refractivity contribution >= 4 is 74.1 Å². The summed E-state index contributed by atoms with van der Waals surface area (Å²) in [7, 11) is -3.57. The van der Waals surface area contributed by atoms with Gasteiger partial charge in [0.1, 0.15) is 17.1 Å². The van der Waals surface area contributed by atoms with E-state index in [2.05, 4.69) is 5.32 Å². The van der Waals surface area contributed by atoms with E-state index in [-0.39, 0.29) is 51.8 Å². The normalized spacial score (nSPS) is 15.8. The Morgan fingerprint density at radius 3 is 2.61 bits per heavy atom. The fraction of sp³-hybridized carbons (Fsp3) is 0.200. The van der Waals surface area contributed by atoms with Crippen LogP contribution in [0.5, 0.6) is 0 Å². The summed E-state index contributed by atoms with van der Waals surface area (Å²) in [6.07, 6.45) is 2.28. The smallest absolute Gasteiger partial charge is 0.270 e. The van der Waals surface area contributed by atoms with Gasteiger partial charge < -0.3 is 4.42 Å². The van der Waals surface area contributed by atoms with E-state index in [1.807, 2.05) is 6.07 Å². The highest BCUT2D eigenvalue weighted by Crippen LogP contribution is 2.29. The lowest BCUT2D eigenvalue weighted by molar-refractivity contribution is -0.122. The summed E-state index contributed by atoms with van der Waals surface area (Å²) in [5, 5.41) is 11.5. The monoisotopic (exact) mass is 526 g/mol. The van der Waals surface area contributed by atoms with Crippen molar-refractivity contribution in [3.05, 3.63) is 57.5 Å². The van der Waals surface area contributed by atoms with Crippen LogP contribution in [0.3, 0.4) is 0 Å². The van der Waals surface area contributed by atoms with Crippen LogP contribution >= 0.6 is 35.4 Å². The number of nitrogens with zero attached hydrogens (tertiary/aromatic N) is 3. The molecule has 0 bridgehead atoms. The lowest BCUT2D eigenvalue weighted by Gasteiger charge is -2.29. The Bertz CT molecular complexity index is 1310. The van der Waals surface area contributed by atoms with Crippen molar-refractivity contribution in [3.63, 3.8) is 0 Å². The van der Waals surface area contributed by atoms with Gasteiger partial charge in [-0.25, -0.2) is 8.42 Å². The van der Waals surface area contributed by atoms with Crippen molar-refractivity contribution in [2.24, 2.45) is 0 Å². The van der Waals surface area contributed by atoms with E-state index in [1.54, 1.807) is 0 Å². The third kappa shape index (κ3) is 5.79. The Labute approximate surface area is 205 Å². The molecule has 172 valence electrons. The van der Waals surface area contributed by atoms with Crippen LogP contribution in [0.4, 0.5) is 5.69 Å². The molecule has 0 spiro atoms. The molecule has 0 aliphatic carbocycles. The minimum atomic E-state index is -3.57. The van der Waals surface area contributed by atoms with Gasteiger partial charge in [0, 0.05) is 13.0 Å². The molecular weight excluding hydrogens is 511 g/mol. The number of benzene rings is 1. The second kappa shape index (κ2) is 10.0. The Morgan fingerprint density at radius 1 is 1.24 bits per heavy atom. The summed E-state index contributed by atoms with van der Waals surface area (Å²) >= 11 is 17.1. The van der Waals surface area contributed by atoms with Crippen LogP contribution in [0.15, 0.2) is 40.3 Å². The molecule has 2 heterocycles. The van der Waals surface area contributed by atoms with Crippen molar-refractivity contribution in [3.8, 4) is 6.07 Å². The fourth-order valence-electron chi connectivity index (χ4n) is 2.93. The molecule has 3 rings (SSSR count). The number of amides is 2.